The Balaban J connectivity index is 1.95. The fourth-order valence-corrected chi connectivity index (χ4v) is 4.84. The Morgan fingerprint density at radius 3 is 1.68 bits per heavy atom. The second-order valence-corrected chi connectivity index (χ2v) is 12.2. The van der Waals surface area contributed by atoms with E-state index in [2.05, 4.69) is 0 Å². The highest BCUT2D eigenvalue weighted by molar-refractivity contribution is 5.95. The third-order valence-corrected chi connectivity index (χ3v) is 7.79. The maximum atomic E-state index is 14.3. The zero-order valence-corrected chi connectivity index (χ0v) is 27.1. The number of rotatable bonds is 13. The molecule has 3 aromatic carbocycles. The topological polar surface area (TPSA) is 90.2 Å². The van der Waals surface area contributed by atoms with E-state index in [1.54, 1.807) is 46.3 Å². The molecule has 2 atom stereocenters. The molecule has 3 amide bonds. The average molecular weight is 598 g/mol. The van der Waals surface area contributed by atoms with Crippen molar-refractivity contribution in [3.8, 4) is 11.1 Å². The third-order valence-electron chi connectivity index (χ3n) is 7.79. The van der Waals surface area contributed by atoms with Crippen LogP contribution in [-0.4, -0.2) is 90.4 Å². The molecule has 0 bridgehead atoms. The minimum atomic E-state index is -0.846. The predicted octanol–water partition coefficient (Wildman–Crippen LogP) is 4.41. The first-order chi connectivity index (χ1) is 20.8. The van der Waals surface area contributed by atoms with E-state index in [4.69, 9.17) is 5.73 Å². The van der Waals surface area contributed by atoms with Crippen molar-refractivity contribution in [2.24, 2.45) is 5.73 Å². The lowest BCUT2D eigenvalue weighted by molar-refractivity contribution is -0.154. The van der Waals surface area contributed by atoms with Gasteiger partial charge < -0.3 is 15.5 Å². The number of nitrogens with zero attached hydrogens (tertiary/aromatic N) is 4. The Morgan fingerprint density at radius 2 is 1.16 bits per heavy atom. The molecule has 0 aromatic heterocycles. The lowest BCUT2D eigenvalue weighted by Gasteiger charge is -2.37. The number of hydrogen-bond acceptors (Lipinski definition) is 5. The molecule has 2 unspecified atom stereocenters. The molecule has 0 aliphatic rings. The van der Waals surface area contributed by atoms with Crippen molar-refractivity contribution in [1.29, 1.82) is 0 Å². The summed E-state index contributed by atoms with van der Waals surface area (Å²) in [6.45, 7) is 3.78. The molecule has 44 heavy (non-hydrogen) atoms. The van der Waals surface area contributed by atoms with Crippen molar-refractivity contribution in [3.05, 3.63) is 108 Å². The number of hydrogen-bond donors (Lipinski definition) is 1. The largest absolute Gasteiger partial charge is 0.332 e. The van der Waals surface area contributed by atoms with Crippen molar-refractivity contribution < 1.29 is 14.4 Å². The van der Waals surface area contributed by atoms with Gasteiger partial charge in [-0.05, 0) is 48.6 Å². The van der Waals surface area contributed by atoms with Crippen molar-refractivity contribution in [3.63, 3.8) is 0 Å². The number of carbonyl (C=O) groups is 3. The molecule has 8 nitrogen and oxygen atoms in total. The van der Waals surface area contributed by atoms with Crippen LogP contribution in [0.5, 0.6) is 0 Å². The van der Waals surface area contributed by atoms with Crippen LogP contribution in [0.25, 0.3) is 11.1 Å². The van der Waals surface area contributed by atoms with Crippen LogP contribution in [0.4, 0.5) is 0 Å². The molecule has 0 aliphatic carbocycles. The van der Waals surface area contributed by atoms with Gasteiger partial charge in [-0.3, -0.25) is 19.4 Å². The standard InChI is InChI=1S/C36H47N5O3/c1-36(2,37)24-14-19-33(42)39(5)31(26-28-20-22-30(23-21-28)29-17-12-9-13-18-29)34(43)40(6)32(35(44)41(7)38(3)4)25-27-15-10-8-11-16-27/h8-23,31-32H,24-26,37H2,1-7H3/b19-14+. The second-order valence-electron chi connectivity index (χ2n) is 12.2. The van der Waals surface area contributed by atoms with Crippen molar-refractivity contribution in [1.82, 2.24) is 19.8 Å². The summed E-state index contributed by atoms with van der Waals surface area (Å²) in [4.78, 5) is 44.4. The van der Waals surface area contributed by atoms with Gasteiger partial charge in [-0.1, -0.05) is 91.0 Å². The number of benzene rings is 3. The number of hydrazine groups is 1. The van der Waals surface area contributed by atoms with E-state index >= 15 is 0 Å². The molecule has 0 saturated carbocycles. The van der Waals surface area contributed by atoms with Crippen molar-refractivity contribution >= 4 is 17.7 Å². The molecule has 0 radical (unpaired) electrons. The van der Waals surface area contributed by atoms with Gasteiger partial charge in [0.05, 0.1) is 0 Å². The average Bonchev–Trinajstić information content (AvgIpc) is 3.01. The molecular weight excluding hydrogens is 550 g/mol. The molecule has 8 heteroatoms. The number of likely N-dealkylation sites (N-methyl/N-ethyl adjacent to an activating group) is 3. The fraction of sp³-hybridized carbons (Fsp3) is 0.361. The van der Waals surface area contributed by atoms with Crippen LogP contribution in [0.1, 0.15) is 31.4 Å². The van der Waals surface area contributed by atoms with Gasteiger partial charge in [0.25, 0.3) is 5.91 Å². The monoisotopic (exact) mass is 597 g/mol. The van der Waals surface area contributed by atoms with Crippen LogP contribution in [0.15, 0.2) is 97.1 Å². The summed E-state index contributed by atoms with van der Waals surface area (Å²) < 4.78 is 0. The normalized spacial score (nSPS) is 13.0. The van der Waals surface area contributed by atoms with Crippen LogP contribution in [0, 0.1) is 0 Å². The molecule has 2 N–H and O–H groups in total. The Morgan fingerprint density at radius 1 is 0.682 bits per heavy atom. The molecular formula is C36H47N5O3. The van der Waals surface area contributed by atoms with Crippen LogP contribution in [0.3, 0.4) is 0 Å². The summed E-state index contributed by atoms with van der Waals surface area (Å²) in [5, 5.41) is 3.19. The lowest BCUT2D eigenvalue weighted by atomic mass is 9.98. The quantitative estimate of drug-likeness (QED) is 0.233. The lowest BCUT2D eigenvalue weighted by Crippen LogP contribution is -2.57. The van der Waals surface area contributed by atoms with E-state index < -0.39 is 17.6 Å². The van der Waals surface area contributed by atoms with Crippen LogP contribution in [0.2, 0.25) is 0 Å². The van der Waals surface area contributed by atoms with E-state index in [9.17, 15) is 14.4 Å². The minimum Gasteiger partial charge on any atom is -0.332 e. The first-order valence-corrected chi connectivity index (χ1v) is 14.9. The maximum Gasteiger partial charge on any atom is 0.259 e. The molecule has 0 fully saturated rings. The van der Waals surface area contributed by atoms with E-state index in [-0.39, 0.29) is 24.1 Å². The summed E-state index contributed by atoms with van der Waals surface area (Å²) in [5.74, 6) is -0.847. The highest BCUT2D eigenvalue weighted by Crippen LogP contribution is 2.22. The van der Waals surface area contributed by atoms with Gasteiger partial charge in [-0.2, -0.15) is 0 Å². The Bertz CT molecular complexity index is 1400. The summed E-state index contributed by atoms with van der Waals surface area (Å²) in [7, 11) is 8.53. The van der Waals surface area contributed by atoms with E-state index in [0.29, 0.717) is 12.8 Å². The van der Waals surface area contributed by atoms with Gasteiger partial charge >= 0.3 is 0 Å². The highest BCUT2D eigenvalue weighted by Gasteiger charge is 2.36. The number of nitrogens with two attached hydrogens (primary N) is 1. The van der Waals surface area contributed by atoms with E-state index in [0.717, 1.165) is 22.3 Å². The minimum absolute atomic E-state index is 0.222. The van der Waals surface area contributed by atoms with Gasteiger partial charge in [0.1, 0.15) is 12.1 Å². The second kappa shape index (κ2) is 15.5. The number of amides is 3. The van der Waals surface area contributed by atoms with Gasteiger partial charge in [0.2, 0.25) is 11.8 Å². The van der Waals surface area contributed by atoms with Crippen LogP contribution < -0.4 is 5.73 Å². The van der Waals surface area contributed by atoms with Gasteiger partial charge in [-0.25, -0.2) is 5.01 Å². The van der Waals surface area contributed by atoms with E-state index in [1.807, 2.05) is 98.8 Å². The zero-order valence-electron chi connectivity index (χ0n) is 27.1. The van der Waals surface area contributed by atoms with Crippen LogP contribution >= 0.6 is 0 Å². The fourth-order valence-electron chi connectivity index (χ4n) is 4.84. The van der Waals surface area contributed by atoms with Gasteiger partial charge in [-0.15, -0.1) is 0 Å². The summed E-state index contributed by atoms with van der Waals surface area (Å²) in [6, 6.07) is 26.1. The SMILES string of the molecule is CN(C(=O)/C=C/CC(C)(C)N)C(Cc1ccc(-c2ccccc2)cc1)C(=O)N(C)C(Cc1ccccc1)C(=O)N(C)N(C)C. The third kappa shape index (κ3) is 9.62. The van der Waals surface area contributed by atoms with Crippen LogP contribution in [-0.2, 0) is 27.2 Å². The predicted molar refractivity (Wildman–Crippen MR) is 177 cm³/mol. The highest BCUT2D eigenvalue weighted by atomic mass is 16.2. The molecule has 3 rings (SSSR count). The Labute approximate surface area is 262 Å². The molecule has 3 aromatic rings. The Kier molecular flexibility index (Phi) is 12.0. The molecule has 0 aliphatic heterocycles. The van der Waals surface area contributed by atoms with Gasteiger partial charge in [0.15, 0.2) is 0 Å². The van der Waals surface area contributed by atoms with Gasteiger partial charge in [0, 0.05) is 53.6 Å². The summed E-state index contributed by atoms with van der Waals surface area (Å²) in [5.41, 5.74) is 9.63. The Hall–Kier alpha value is -4.27. The van der Waals surface area contributed by atoms with Crippen molar-refractivity contribution in [2.75, 3.05) is 35.2 Å². The molecule has 0 saturated heterocycles. The molecule has 0 heterocycles. The zero-order chi connectivity index (χ0) is 32.4. The summed E-state index contributed by atoms with van der Waals surface area (Å²) in [6.07, 6.45) is 4.34. The molecule has 0 spiro atoms. The molecule has 234 valence electrons. The van der Waals surface area contributed by atoms with Crippen molar-refractivity contribution in [2.45, 2.75) is 50.7 Å². The first kappa shape index (κ1) is 34.2. The maximum absolute atomic E-state index is 14.3. The summed E-state index contributed by atoms with van der Waals surface area (Å²) >= 11 is 0. The first-order valence-electron chi connectivity index (χ1n) is 14.9. The van der Waals surface area contributed by atoms with E-state index in [1.165, 1.54) is 20.9 Å². The number of carbonyl (C=O) groups excluding carboxylic acids is 3. The smallest absolute Gasteiger partial charge is 0.259 e.